The number of hydrogen-bond donors (Lipinski definition) is 1. The summed E-state index contributed by atoms with van der Waals surface area (Å²) < 4.78 is 1.87. The van der Waals surface area contributed by atoms with Gasteiger partial charge >= 0.3 is 0 Å². The van der Waals surface area contributed by atoms with Gasteiger partial charge in [0.1, 0.15) is 6.33 Å². The molecule has 60 valence electrons. The molecule has 2 rings (SSSR count). The van der Waals surface area contributed by atoms with Gasteiger partial charge in [-0.15, -0.1) is 10.2 Å². The molecule has 11 heavy (non-hydrogen) atoms. The van der Waals surface area contributed by atoms with E-state index in [1.165, 1.54) is 0 Å². The number of rotatable bonds is 0. The van der Waals surface area contributed by atoms with Crippen molar-refractivity contribution in [3.63, 3.8) is 0 Å². The number of fused-ring (bicyclic) bond motifs is 1. The highest BCUT2D eigenvalue weighted by atomic mass is 32.2. The molecule has 1 aliphatic rings. The van der Waals surface area contributed by atoms with Crippen LogP contribution in [0.4, 0.5) is 0 Å². The normalized spacial score (nSPS) is 29.3. The van der Waals surface area contributed by atoms with Crippen LogP contribution in [0.1, 0.15) is 13.8 Å². The molecule has 2 unspecified atom stereocenters. The number of nitrogens with zero attached hydrogens (tertiary/aromatic N) is 3. The van der Waals surface area contributed by atoms with Crippen molar-refractivity contribution >= 4 is 11.8 Å². The van der Waals surface area contributed by atoms with Crippen LogP contribution in [0.25, 0.3) is 0 Å². The zero-order valence-corrected chi connectivity index (χ0v) is 7.30. The minimum Gasteiger partial charge on any atom is -0.319 e. The molecular weight excluding hydrogens is 160 g/mol. The lowest BCUT2D eigenvalue weighted by Crippen LogP contribution is -2.36. The topological polar surface area (TPSA) is 42.7 Å². The van der Waals surface area contributed by atoms with Crippen LogP contribution in [0, 0.1) is 0 Å². The van der Waals surface area contributed by atoms with Crippen molar-refractivity contribution in [2.24, 2.45) is 0 Å². The molecule has 0 saturated carbocycles. The van der Waals surface area contributed by atoms with E-state index in [4.69, 9.17) is 0 Å². The maximum absolute atomic E-state index is 3.96. The summed E-state index contributed by atoms with van der Waals surface area (Å²) in [4.78, 5) is 0. The Kier molecular flexibility index (Phi) is 1.52. The van der Waals surface area contributed by atoms with Crippen molar-refractivity contribution in [1.82, 2.24) is 14.9 Å². The molecule has 4 nitrogen and oxygen atoms in total. The predicted molar refractivity (Wildman–Crippen MR) is 44.2 cm³/mol. The van der Waals surface area contributed by atoms with Crippen molar-refractivity contribution < 1.29 is 0 Å². The van der Waals surface area contributed by atoms with Gasteiger partial charge < -0.3 is 5.43 Å². The van der Waals surface area contributed by atoms with E-state index in [9.17, 15) is 0 Å². The highest BCUT2D eigenvalue weighted by molar-refractivity contribution is 7.99. The Hall–Kier alpha value is -0.710. The first kappa shape index (κ1) is 6.97. The lowest BCUT2D eigenvalue weighted by molar-refractivity contribution is 0.614. The van der Waals surface area contributed by atoms with Crippen molar-refractivity contribution in [2.75, 3.05) is 5.43 Å². The van der Waals surface area contributed by atoms with Gasteiger partial charge in [-0.3, -0.25) is 0 Å². The lowest BCUT2D eigenvalue weighted by atomic mass is 10.3. The van der Waals surface area contributed by atoms with Gasteiger partial charge in [0.15, 0.2) is 0 Å². The highest BCUT2D eigenvalue weighted by Gasteiger charge is 2.22. The molecule has 1 aromatic rings. The minimum atomic E-state index is 0.475. The summed E-state index contributed by atoms with van der Waals surface area (Å²) in [5, 5.41) is 9.27. The van der Waals surface area contributed by atoms with E-state index in [2.05, 4.69) is 29.5 Å². The Morgan fingerprint density at radius 2 is 2.45 bits per heavy atom. The second-order valence-corrected chi connectivity index (χ2v) is 4.07. The second kappa shape index (κ2) is 2.41. The molecule has 5 heteroatoms. The van der Waals surface area contributed by atoms with E-state index in [0.29, 0.717) is 11.3 Å². The van der Waals surface area contributed by atoms with E-state index in [1.807, 2.05) is 4.68 Å². The molecule has 0 radical (unpaired) electrons. The van der Waals surface area contributed by atoms with E-state index < -0.39 is 0 Å². The second-order valence-electron chi connectivity index (χ2n) is 2.72. The molecule has 0 aliphatic carbocycles. The van der Waals surface area contributed by atoms with Crippen LogP contribution in [0.5, 0.6) is 0 Å². The first-order chi connectivity index (χ1) is 5.27. The third-order valence-electron chi connectivity index (χ3n) is 1.85. The fraction of sp³-hybridized carbons (Fsp3) is 0.667. The molecular formula is C6H10N4S. The summed E-state index contributed by atoms with van der Waals surface area (Å²) in [5.74, 6) is 0. The fourth-order valence-electron chi connectivity index (χ4n) is 0.986. The summed E-state index contributed by atoms with van der Waals surface area (Å²) in [7, 11) is 0. The van der Waals surface area contributed by atoms with Crippen LogP contribution in [0.3, 0.4) is 0 Å². The monoisotopic (exact) mass is 170 g/mol. The van der Waals surface area contributed by atoms with Gasteiger partial charge in [0.2, 0.25) is 5.16 Å². The van der Waals surface area contributed by atoms with Gasteiger partial charge in [-0.05, 0) is 6.92 Å². The molecule has 1 aliphatic heterocycles. The molecule has 0 saturated heterocycles. The van der Waals surface area contributed by atoms with Crippen molar-refractivity contribution in [2.45, 2.75) is 30.3 Å². The standard InChI is InChI=1S/C6H10N4S/c1-4-5(2)11-6-8-7-3-10(6)9-4/h3-5,9H,1-2H3. The van der Waals surface area contributed by atoms with Gasteiger partial charge in [0.05, 0.1) is 6.04 Å². The first-order valence-electron chi connectivity index (χ1n) is 3.60. The van der Waals surface area contributed by atoms with Gasteiger partial charge in [-0.2, -0.15) is 0 Å². The zero-order valence-electron chi connectivity index (χ0n) is 6.48. The van der Waals surface area contributed by atoms with Gasteiger partial charge in [-0.1, -0.05) is 18.7 Å². The average molecular weight is 170 g/mol. The molecule has 1 N–H and O–H groups in total. The first-order valence-corrected chi connectivity index (χ1v) is 4.48. The zero-order chi connectivity index (χ0) is 7.84. The molecule has 1 aromatic heterocycles. The third-order valence-corrected chi connectivity index (χ3v) is 3.12. The minimum absolute atomic E-state index is 0.475. The molecule has 2 atom stereocenters. The molecule has 0 aromatic carbocycles. The maximum atomic E-state index is 3.96. The number of nitrogens with one attached hydrogen (secondary N) is 1. The summed E-state index contributed by atoms with van der Waals surface area (Å²) in [6.07, 6.45) is 1.70. The number of hydrogen-bond acceptors (Lipinski definition) is 4. The van der Waals surface area contributed by atoms with Gasteiger partial charge in [0, 0.05) is 5.25 Å². The summed E-state index contributed by atoms with van der Waals surface area (Å²) in [6.45, 7) is 4.33. The van der Waals surface area contributed by atoms with Crippen molar-refractivity contribution in [3.05, 3.63) is 6.33 Å². The van der Waals surface area contributed by atoms with E-state index in [1.54, 1.807) is 18.1 Å². The van der Waals surface area contributed by atoms with Crippen molar-refractivity contribution in [1.29, 1.82) is 0 Å². The van der Waals surface area contributed by atoms with Gasteiger partial charge in [-0.25, -0.2) is 4.68 Å². The third kappa shape index (κ3) is 1.09. The Morgan fingerprint density at radius 3 is 3.27 bits per heavy atom. The summed E-state index contributed by atoms with van der Waals surface area (Å²) in [5.41, 5.74) is 3.26. The van der Waals surface area contributed by atoms with E-state index >= 15 is 0 Å². The predicted octanol–water partition coefficient (Wildman–Crippen LogP) is 0.704. The smallest absolute Gasteiger partial charge is 0.210 e. The Balaban J connectivity index is 2.30. The van der Waals surface area contributed by atoms with Crippen LogP contribution in [0.15, 0.2) is 11.5 Å². The quantitative estimate of drug-likeness (QED) is 0.622. The Morgan fingerprint density at radius 1 is 1.64 bits per heavy atom. The van der Waals surface area contributed by atoms with Crippen LogP contribution in [-0.4, -0.2) is 26.2 Å². The molecule has 2 heterocycles. The SMILES string of the molecule is CC1Nn2cnnc2SC1C. The number of thioether (sulfide) groups is 1. The summed E-state index contributed by atoms with van der Waals surface area (Å²) >= 11 is 1.75. The molecule has 0 fully saturated rings. The van der Waals surface area contributed by atoms with E-state index in [-0.39, 0.29) is 0 Å². The van der Waals surface area contributed by atoms with Gasteiger partial charge in [0.25, 0.3) is 0 Å². The number of aromatic nitrogens is 3. The fourth-order valence-corrected chi connectivity index (χ4v) is 1.89. The lowest BCUT2D eigenvalue weighted by Gasteiger charge is -2.27. The molecule has 0 amide bonds. The van der Waals surface area contributed by atoms with Crippen LogP contribution in [0.2, 0.25) is 0 Å². The average Bonchev–Trinajstić information content (AvgIpc) is 2.36. The molecule has 0 spiro atoms. The Bertz CT molecular complexity index is 234. The summed E-state index contributed by atoms with van der Waals surface area (Å²) in [6, 6.07) is 0.475. The maximum Gasteiger partial charge on any atom is 0.210 e. The van der Waals surface area contributed by atoms with Crippen LogP contribution >= 0.6 is 11.8 Å². The van der Waals surface area contributed by atoms with Crippen LogP contribution < -0.4 is 5.43 Å². The molecule has 0 bridgehead atoms. The largest absolute Gasteiger partial charge is 0.319 e. The highest BCUT2D eigenvalue weighted by Crippen LogP contribution is 2.26. The Labute approximate surface area is 69.4 Å². The van der Waals surface area contributed by atoms with Crippen molar-refractivity contribution in [3.8, 4) is 0 Å². The van der Waals surface area contributed by atoms with E-state index in [0.717, 1.165) is 5.16 Å². The van der Waals surface area contributed by atoms with Crippen LogP contribution in [-0.2, 0) is 0 Å².